The molecule has 2 N–H and O–H groups in total. The minimum absolute atomic E-state index is 0.00169. The fourth-order valence-corrected chi connectivity index (χ4v) is 2.30. The first kappa shape index (κ1) is 15.9. The van der Waals surface area contributed by atoms with Gasteiger partial charge in [-0.1, -0.05) is 6.92 Å². The maximum absolute atomic E-state index is 12.9. The van der Waals surface area contributed by atoms with Crippen LogP contribution in [0.1, 0.15) is 13.3 Å². The maximum atomic E-state index is 12.9. The highest BCUT2D eigenvalue weighted by atomic mass is 32.2. The third-order valence-electron chi connectivity index (χ3n) is 2.55. The van der Waals surface area contributed by atoms with Crippen molar-refractivity contribution >= 4 is 22.4 Å². The van der Waals surface area contributed by atoms with E-state index < -0.39 is 22.8 Å². The van der Waals surface area contributed by atoms with Crippen LogP contribution in [0, 0.1) is 5.82 Å². The van der Waals surface area contributed by atoms with E-state index in [4.69, 9.17) is 14.8 Å². The Kier molecular flexibility index (Phi) is 5.77. The predicted molar refractivity (Wildman–Crippen MR) is 70.7 cm³/mol. The molecular formula is C11H16BFO5S. The van der Waals surface area contributed by atoms with E-state index in [1.165, 1.54) is 6.07 Å². The Bertz CT molecular complexity index is 518. The number of benzene rings is 1. The zero-order chi connectivity index (χ0) is 14.5. The van der Waals surface area contributed by atoms with Crippen molar-refractivity contribution in [3.05, 3.63) is 24.0 Å². The molecule has 0 aliphatic carbocycles. The molecule has 0 aliphatic rings. The topological polar surface area (TPSA) is 83.8 Å². The summed E-state index contributed by atoms with van der Waals surface area (Å²) in [4.78, 5) is 0. The smallest absolute Gasteiger partial charge is 0.492 e. The lowest BCUT2D eigenvalue weighted by Crippen LogP contribution is -2.32. The van der Waals surface area contributed by atoms with Gasteiger partial charge in [0.15, 0.2) is 0 Å². The van der Waals surface area contributed by atoms with Crippen LogP contribution >= 0.6 is 0 Å². The highest BCUT2D eigenvalue weighted by Gasteiger charge is 2.18. The van der Waals surface area contributed by atoms with Crippen LogP contribution in [0.15, 0.2) is 18.2 Å². The summed E-state index contributed by atoms with van der Waals surface area (Å²) in [5, 5.41) is 18.1. The normalized spacial score (nSPS) is 11.4. The molecule has 0 saturated heterocycles. The largest absolute Gasteiger partial charge is 0.494 e. The van der Waals surface area contributed by atoms with Gasteiger partial charge in [-0.15, -0.1) is 0 Å². The molecule has 1 aromatic rings. The number of halogens is 1. The van der Waals surface area contributed by atoms with Gasteiger partial charge in [0.25, 0.3) is 0 Å². The molecular weight excluding hydrogens is 274 g/mol. The lowest BCUT2D eigenvalue weighted by Gasteiger charge is -2.11. The van der Waals surface area contributed by atoms with Gasteiger partial charge in [-0.2, -0.15) is 0 Å². The van der Waals surface area contributed by atoms with Crippen LogP contribution in [-0.4, -0.2) is 43.7 Å². The number of sulfone groups is 1. The third-order valence-corrected chi connectivity index (χ3v) is 4.34. The monoisotopic (exact) mass is 290 g/mol. The fraction of sp³-hybridized carbons (Fsp3) is 0.455. The Morgan fingerprint density at radius 3 is 2.63 bits per heavy atom. The van der Waals surface area contributed by atoms with E-state index in [2.05, 4.69) is 0 Å². The first-order valence-corrected chi connectivity index (χ1v) is 7.66. The quantitative estimate of drug-likeness (QED) is 0.532. The molecule has 106 valence electrons. The van der Waals surface area contributed by atoms with Crippen molar-refractivity contribution < 1.29 is 27.6 Å². The first-order valence-electron chi connectivity index (χ1n) is 5.84. The van der Waals surface area contributed by atoms with E-state index in [-0.39, 0.29) is 35.7 Å². The molecule has 0 unspecified atom stereocenters. The summed E-state index contributed by atoms with van der Waals surface area (Å²) in [5.74, 6) is -0.402. The molecule has 1 rings (SSSR count). The molecule has 0 fully saturated rings. The van der Waals surface area contributed by atoms with Crippen molar-refractivity contribution in [3.8, 4) is 5.75 Å². The minimum Gasteiger partial charge on any atom is -0.494 e. The van der Waals surface area contributed by atoms with E-state index in [1.807, 2.05) is 0 Å². The minimum atomic E-state index is -3.05. The molecule has 0 heterocycles. The van der Waals surface area contributed by atoms with Crippen molar-refractivity contribution in [1.82, 2.24) is 0 Å². The highest BCUT2D eigenvalue weighted by Crippen LogP contribution is 2.10. The summed E-state index contributed by atoms with van der Waals surface area (Å²) >= 11 is 0. The fourth-order valence-electron chi connectivity index (χ4n) is 1.46. The second-order valence-electron chi connectivity index (χ2n) is 3.99. The van der Waals surface area contributed by atoms with Gasteiger partial charge in [0.1, 0.15) is 21.4 Å². The van der Waals surface area contributed by atoms with Gasteiger partial charge in [0, 0.05) is 11.2 Å². The first-order chi connectivity index (χ1) is 8.85. The number of rotatable bonds is 7. The summed E-state index contributed by atoms with van der Waals surface area (Å²) in [6, 6.07) is 3.37. The van der Waals surface area contributed by atoms with E-state index in [9.17, 15) is 12.8 Å². The van der Waals surface area contributed by atoms with Crippen molar-refractivity contribution in [3.63, 3.8) is 0 Å². The summed E-state index contributed by atoms with van der Waals surface area (Å²) in [5.41, 5.74) is -0.0849. The summed E-state index contributed by atoms with van der Waals surface area (Å²) in [7, 11) is -4.89. The predicted octanol–water partition coefficient (Wildman–Crippen LogP) is -0.291. The summed E-state index contributed by atoms with van der Waals surface area (Å²) in [6.45, 7) is 1.67. The maximum Gasteiger partial charge on any atom is 0.492 e. The molecule has 0 saturated carbocycles. The van der Waals surface area contributed by atoms with E-state index in [0.29, 0.717) is 0 Å². The Morgan fingerprint density at radius 2 is 2.05 bits per heavy atom. The Morgan fingerprint density at radius 1 is 1.37 bits per heavy atom. The lowest BCUT2D eigenvalue weighted by molar-refractivity contribution is 0.317. The summed E-state index contributed by atoms with van der Waals surface area (Å²) < 4.78 is 40.7. The Balaban J connectivity index is 2.59. The molecule has 0 radical (unpaired) electrons. The van der Waals surface area contributed by atoms with E-state index >= 15 is 0 Å². The van der Waals surface area contributed by atoms with Gasteiger partial charge in [-0.25, -0.2) is 12.8 Å². The molecule has 8 heteroatoms. The van der Waals surface area contributed by atoms with Crippen LogP contribution in [0.5, 0.6) is 5.75 Å². The molecule has 1 aromatic carbocycles. The molecule has 0 atom stereocenters. The number of hydrogen-bond acceptors (Lipinski definition) is 5. The third kappa shape index (κ3) is 5.18. The van der Waals surface area contributed by atoms with Crippen molar-refractivity contribution in [2.45, 2.75) is 13.3 Å². The lowest BCUT2D eigenvalue weighted by atomic mass is 9.79. The molecule has 0 spiro atoms. The zero-order valence-electron chi connectivity index (χ0n) is 10.5. The highest BCUT2D eigenvalue weighted by molar-refractivity contribution is 7.91. The summed E-state index contributed by atoms with van der Waals surface area (Å²) in [6.07, 6.45) is 0.286. The van der Waals surface area contributed by atoms with E-state index in [0.717, 1.165) is 12.1 Å². The van der Waals surface area contributed by atoms with Crippen molar-refractivity contribution in [1.29, 1.82) is 0 Å². The molecule has 0 amide bonds. The molecule has 0 aromatic heterocycles. The molecule has 5 nitrogen and oxygen atoms in total. The van der Waals surface area contributed by atoms with Crippen LogP contribution in [0.25, 0.3) is 0 Å². The molecule has 0 aliphatic heterocycles. The van der Waals surface area contributed by atoms with Crippen LogP contribution in [0.3, 0.4) is 0 Å². The van der Waals surface area contributed by atoms with Gasteiger partial charge in [-0.05, 0) is 24.6 Å². The Hall–Kier alpha value is -1.12. The van der Waals surface area contributed by atoms with Crippen LogP contribution in [0.2, 0.25) is 0 Å². The number of hydrogen-bond donors (Lipinski definition) is 2. The molecule has 0 bridgehead atoms. The van der Waals surface area contributed by atoms with Gasteiger partial charge < -0.3 is 14.8 Å². The number of ether oxygens (including phenoxy) is 1. The van der Waals surface area contributed by atoms with Gasteiger partial charge >= 0.3 is 7.12 Å². The van der Waals surface area contributed by atoms with Crippen LogP contribution < -0.4 is 10.2 Å². The second-order valence-corrected chi connectivity index (χ2v) is 6.47. The van der Waals surface area contributed by atoms with Crippen molar-refractivity contribution in [2.24, 2.45) is 0 Å². The van der Waals surface area contributed by atoms with Crippen LogP contribution in [-0.2, 0) is 9.84 Å². The van der Waals surface area contributed by atoms with Crippen molar-refractivity contribution in [2.75, 3.05) is 18.1 Å². The van der Waals surface area contributed by atoms with Gasteiger partial charge in [0.05, 0.1) is 12.4 Å². The van der Waals surface area contributed by atoms with Crippen LogP contribution in [0.4, 0.5) is 4.39 Å². The van der Waals surface area contributed by atoms with E-state index in [1.54, 1.807) is 6.92 Å². The standard InChI is InChI=1S/C11H16BFO5S/c1-2-19(16,17)7-3-6-18-11-5-4-9(13)8-10(11)12(14)15/h4-5,8,14-15H,2-3,6-7H2,1H3. The SMILES string of the molecule is CCS(=O)(=O)CCCOc1ccc(F)cc1B(O)O. The average molecular weight is 290 g/mol. The van der Waals surface area contributed by atoms with Gasteiger partial charge in [-0.3, -0.25) is 0 Å². The van der Waals surface area contributed by atoms with Gasteiger partial charge in [0.2, 0.25) is 0 Å². The zero-order valence-corrected chi connectivity index (χ0v) is 11.4. The average Bonchev–Trinajstić information content (AvgIpc) is 2.36. The second kappa shape index (κ2) is 6.88. The Labute approximate surface area is 112 Å². The molecule has 19 heavy (non-hydrogen) atoms.